The number of ether oxygens (including phenoxy) is 1. The van der Waals surface area contributed by atoms with Gasteiger partial charge in [0.15, 0.2) is 0 Å². The number of sulfonamides is 2. The molecule has 0 saturated carbocycles. The number of methoxy groups -OCH3 is 1. The maximum Gasteiger partial charge on any atom is 0.261 e. The van der Waals surface area contributed by atoms with Gasteiger partial charge in [0, 0.05) is 12.2 Å². The van der Waals surface area contributed by atoms with Crippen LogP contribution in [0, 0.1) is 6.92 Å². The lowest BCUT2D eigenvalue weighted by molar-refractivity contribution is 0.411. The maximum atomic E-state index is 12.5. The number of hydrogen-bond donors (Lipinski definition) is 1. The van der Waals surface area contributed by atoms with Gasteiger partial charge >= 0.3 is 0 Å². The van der Waals surface area contributed by atoms with E-state index in [9.17, 15) is 16.8 Å². The van der Waals surface area contributed by atoms with Gasteiger partial charge in [0.2, 0.25) is 10.0 Å². The number of aryl methyl sites for hydroxylation is 1. The highest BCUT2D eigenvalue weighted by atomic mass is 32.2. The second kappa shape index (κ2) is 6.81. The molecule has 0 aromatic heterocycles. The minimum atomic E-state index is -3.75. The highest BCUT2D eigenvalue weighted by molar-refractivity contribution is 7.93. The molecule has 0 bridgehead atoms. The number of hydrogen-bond acceptors (Lipinski definition) is 5. The molecule has 0 unspecified atom stereocenters. The summed E-state index contributed by atoms with van der Waals surface area (Å²) in [7, 11) is -5.49. The fourth-order valence-electron chi connectivity index (χ4n) is 2.86. The SMILES string of the molecule is COc1ccc(S(=O)(=O)Nc2ccc(N3CCCS3(=O)=O)cc2)cc1C. The molecule has 2 aromatic carbocycles. The topological polar surface area (TPSA) is 92.8 Å². The van der Waals surface area contributed by atoms with E-state index in [1.54, 1.807) is 37.3 Å². The Labute approximate surface area is 153 Å². The zero-order valence-corrected chi connectivity index (χ0v) is 16.1. The summed E-state index contributed by atoms with van der Waals surface area (Å²) in [5, 5.41) is 0. The number of rotatable bonds is 5. The van der Waals surface area contributed by atoms with Crippen LogP contribution in [0.25, 0.3) is 0 Å². The molecule has 0 aliphatic carbocycles. The van der Waals surface area contributed by atoms with Gasteiger partial charge in [-0.2, -0.15) is 0 Å². The average Bonchev–Trinajstić information content (AvgIpc) is 2.94. The maximum absolute atomic E-state index is 12.5. The monoisotopic (exact) mass is 396 g/mol. The lowest BCUT2D eigenvalue weighted by atomic mass is 10.2. The molecule has 1 saturated heterocycles. The first kappa shape index (κ1) is 18.5. The predicted octanol–water partition coefficient (Wildman–Crippen LogP) is 2.34. The lowest BCUT2D eigenvalue weighted by Gasteiger charge is -2.17. The van der Waals surface area contributed by atoms with Crippen molar-refractivity contribution in [3.05, 3.63) is 48.0 Å². The van der Waals surface area contributed by atoms with Crippen LogP contribution >= 0.6 is 0 Å². The van der Waals surface area contributed by atoms with Gasteiger partial charge in [0.05, 0.1) is 23.4 Å². The Balaban J connectivity index is 1.81. The zero-order valence-electron chi connectivity index (χ0n) is 14.5. The molecule has 0 radical (unpaired) electrons. The highest BCUT2D eigenvalue weighted by Crippen LogP contribution is 2.27. The standard InChI is InChI=1S/C17H20N2O5S2/c1-13-12-16(8-9-17(13)24-2)26(22,23)18-14-4-6-15(7-5-14)19-10-3-11-25(19,20)21/h4-9,12,18H,3,10-11H2,1-2H3. The summed E-state index contributed by atoms with van der Waals surface area (Å²) in [6.07, 6.45) is 0.591. The summed E-state index contributed by atoms with van der Waals surface area (Å²) in [4.78, 5) is 0.127. The van der Waals surface area contributed by atoms with Gasteiger partial charge < -0.3 is 4.74 Å². The summed E-state index contributed by atoms with van der Waals surface area (Å²) >= 11 is 0. The molecule has 2 aromatic rings. The first-order chi connectivity index (χ1) is 12.2. The Hall–Kier alpha value is -2.26. The normalized spacial score (nSPS) is 16.5. The molecule has 7 nitrogen and oxygen atoms in total. The van der Waals surface area contributed by atoms with Gasteiger partial charge in [-0.05, 0) is 61.4 Å². The van der Waals surface area contributed by atoms with Crippen molar-refractivity contribution in [2.75, 3.05) is 28.4 Å². The molecule has 140 valence electrons. The van der Waals surface area contributed by atoms with E-state index in [0.29, 0.717) is 35.7 Å². The number of nitrogens with zero attached hydrogens (tertiary/aromatic N) is 1. The van der Waals surface area contributed by atoms with E-state index in [4.69, 9.17) is 4.74 Å². The Morgan fingerprint density at radius 3 is 2.35 bits per heavy atom. The third kappa shape index (κ3) is 3.63. The molecule has 0 atom stereocenters. The Morgan fingerprint density at radius 1 is 1.12 bits per heavy atom. The van der Waals surface area contributed by atoms with Crippen LogP contribution in [-0.4, -0.2) is 36.2 Å². The fraction of sp³-hybridized carbons (Fsp3) is 0.294. The van der Waals surface area contributed by atoms with Crippen molar-refractivity contribution in [3.63, 3.8) is 0 Å². The molecule has 1 aliphatic heterocycles. The summed E-state index contributed by atoms with van der Waals surface area (Å²) in [6.45, 7) is 2.21. The first-order valence-corrected chi connectivity index (χ1v) is 11.1. The van der Waals surface area contributed by atoms with Crippen molar-refractivity contribution >= 4 is 31.4 Å². The van der Waals surface area contributed by atoms with Crippen LogP contribution in [0.2, 0.25) is 0 Å². The van der Waals surface area contributed by atoms with Gasteiger partial charge in [-0.3, -0.25) is 9.03 Å². The van der Waals surface area contributed by atoms with Crippen molar-refractivity contribution in [3.8, 4) is 5.75 Å². The van der Waals surface area contributed by atoms with Crippen LogP contribution in [0.4, 0.5) is 11.4 Å². The van der Waals surface area contributed by atoms with Gasteiger partial charge in [0.1, 0.15) is 5.75 Å². The van der Waals surface area contributed by atoms with Crippen molar-refractivity contribution in [1.29, 1.82) is 0 Å². The zero-order chi connectivity index (χ0) is 18.9. The fourth-order valence-corrected chi connectivity index (χ4v) is 5.57. The summed E-state index contributed by atoms with van der Waals surface area (Å²) in [5.74, 6) is 0.748. The van der Waals surface area contributed by atoms with Gasteiger partial charge in [-0.15, -0.1) is 0 Å². The minimum absolute atomic E-state index is 0.127. The molecule has 1 aliphatic rings. The molecule has 1 heterocycles. The molecule has 1 fully saturated rings. The van der Waals surface area contributed by atoms with E-state index >= 15 is 0 Å². The van der Waals surface area contributed by atoms with Crippen LogP contribution in [-0.2, 0) is 20.0 Å². The van der Waals surface area contributed by atoms with Gasteiger partial charge in [-0.1, -0.05) is 0 Å². The Kier molecular flexibility index (Phi) is 4.85. The molecule has 3 rings (SSSR count). The third-order valence-electron chi connectivity index (χ3n) is 4.18. The van der Waals surface area contributed by atoms with E-state index in [1.165, 1.54) is 23.5 Å². The lowest BCUT2D eigenvalue weighted by Crippen LogP contribution is -2.25. The van der Waals surface area contributed by atoms with Crippen LogP contribution in [0.1, 0.15) is 12.0 Å². The molecule has 9 heteroatoms. The van der Waals surface area contributed by atoms with Crippen LogP contribution in [0.3, 0.4) is 0 Å². The number of nitrogens with one attached hydrogen (secondary N) is 1. The van der Waals surface area contributed by atoms with Crippen LogP contribution in [0.5, 0.6) is 5.75 Å². The van der Waals surface area contributed by atoms with Crippen LogP contribution < -0.4 is 13.8 Å². The number of anilines is 2. The van der Waals surface area contributed by atoms with E-state index in [1.807, 2.05) is 0 Å². The molecule has 0 amide bonds. The van der Waals surface area contributed by atoms with Crippen molar-refractivity contribution < 1.29 is 21.6 Å². The largest absolute Gasteiger partial charge is 0.496 e. The predicted molar refractivity (Wildman–Crippen MR) is 101 cm³/mol. The summed E-state index contributed by atoms with van der Waals surface area (Å²) < 4.78 is 58.0. The minimum Gasteiger partial charge on any atom is -0.496 e. The van der Waals surface area contributed by atoms with E-state index in [0.717, 1.165) is 0 Å². The average molecular weight is 396 g/mol. The van der Waals surface area contributed by atoms with E-state index < -0.39 is 20.0 Å². The molecule has 0 spiro atoms. The van der Waals surface area contributed by atoms with Gasteiger partial charge in [0.25, 0.3) is 10.0 Å². The summed E-state index contributed by atoms with van der Waals surface area (Å²) in [6, 6.07) is 10.9. The molecule has 1 N–H and O–H groups in total. The number of benzene rings is 2. The Bertz CT molecular complexity index is 1020. The highest BCUT2D eigenvalue weighted by Gasteiger charge is 2.28. The quantitative estimate of drug-likeness (QED) is 0.837. The van der Waals surface area contributed by atoms with Crippen LogP contribution in [0.15, 0.2) is 47.4 Å². The Morgan fingerprint density at radius 2 is 1.81 bits per heavy atom. The second-order valence-electron chi connectivity index (χ2n) is 6.03. The van der Waals surface area contributed by atoms with Crippen molar-refractivity contribution in [1.82, 2.24) is 0 Å². The third-order valence-corrected chi connectivity index (χ3v) is 7.43. The van der Waals surface area contributed by atoms with E-state index in [-0.39, 0.29) is 10.6 Å². The molecule has 26 heavy (non-hydrogen) atoms. The summed E-state index contributed by atoms with van der Waals surface area (Å²) in [5.41, 5.74) is 1.61. The van der Waals surface area contributed by atoms with Crippen molar-refractivity contribution in [2.45, 2.75) is 18.2 Å². The van der Waals surface area contributed by atoms with E-state index in [2.05, 4.69) is 4.72 Å². The molecular weight excluding hydrogens is 376 g/mol. The van der Waals surface area contributed by atoms with Crippen molar-refractivity contribution in [2.24, 2.45) is 0 Å². The second-order valence-corrected chi connectivity index (χ2v) is 9.72. The van der Waals surface area contributed by atoms with Gasteiger partial charge in [-0.25, -0.2) is 16.8 Å². The smallest absolute Gasteiger partial charge is 0.261 e. The molecular formula is C17H20N2O5S2. The first-order valence-electron chi connectivity index (χ1n) is 8.01.